The van der Waals surface area contributed by atoms with E-state index in [1.165, 1.54) is 109 Å². The van der Waals surface area contributed by atoms with Crippen LogP contribution in [0, 0.1) is 0 Å². The van der Waals surface area contributed by atoms with Crippen molar-refractivity contribution in [1.29, 1.82) is 0 Å². The first-order valence-corrected chi connectivity index (χ1v) is 12.3. The summed E-state index contributed by atoms with van der Waals surface area (Å²) in [6, 6.07) is 0.574. The smallest absolute Gasteiger partial charge is 0.234 e. The minimum absolute atomic E-state index is 0.574. The molecule has 0 aliphatic heterocycles. The second-order valence-electron chi connectivity index (χ2n) is 8.75. The summed E-state index contributed by atoms with van der Waals surface area (Å²) in [5, 5.41) is 0. The molecule has 0 spiro atoms. The van der Waals surface area contributed by atoms with Crippen LogP contribution < -0.4 is 4.57 Å². The lowest BCUT2D eigenvalue weighted by Gasteiger charge is -2.08. The summed E-state index contributed by atoms with van der Waals surface area (Å²) in [7, 11) is 0. The van der Waals surface area contributed by atoms with Crippen LogP contribution in [-0.2, 0) is 13.0 Å². The van der Waals surface area contributed by atoms with Gasteiger partial charge in [-0.3, -0.25) is 0 Å². The summed E-state index contributed by atoms with van der Waals surface area (Å²) in [5.41, 5.74) is 0. The van der Waals surface area contributed by atoms with Gasteiger partial charge in [-0.2, -0.15) is 0 Å². The van der Waals surface area contributed by atoms with E-state index in [2.05, 4.69) is 49.2 Å². The SMILES string of the molecule is CCCCCCCCCCCCCCc1n(C(C)C)cc[n+]1CCCCC. The zero-order chi connectivity index (χ0) is 19.7. The van der Waals surface area contributed by atoms with Gasteiger partial charge in [0.2, 0.25) is 0 Å². The molecule has 0 atom stereocenters. The molecule has 0 aliphatic carbocycles. The largest absolute Gasteiger partial charge is 0.256 e. The van der Waals surface area contributed by atoms with Crippen molar-refractivity contribution in [1.82, 2.24) is 4.57 Å². The topological polar surface area (TPSA) is 8.81 Å². The van der Waals surface area contributed by atoms with E-state index >= 15 is 0 Å². The third-order valence-corrected chi connectivity index (χ3v) is 5.85. The third kappa shape index (κ3) is 11.0. The third-order valence-electron chi connectivity index (χ3n) is 5.85. The standard InChI is InChI=1S/C25H49N2/c1-5-7-9-10-11-12-13-14-15-16-17-18-20-25-26(21-19-8-6-2)22-23-27(25)24(3)4/h22-24H,5-21H2,1-4H3/q+1. The average Bonchev–Trinajstić information content (AvgIpc) is 3.06. The van der Waals surface area contributed by atoms with Crippen LogP contribution in [0.4, 0.5) is 0 Å². The van der Waals surface area contributed by atoms with E-state index in [1.54, 1.807) is 5.82 Å². The lowest BCUT2D eigenvalue weighted by molar-refractivity contribution is -0.704. The predicted octanol–water partition coefficient (Wildman–Crippen LogP) is 7.79. The van der Waals surface area contributed by atoms with E-state index in [4.69, 9.17) is 0 Å². The van der Waals surface area contributed by atoms with Crippen LogP contribution in [0.2, 0.25) is 0 Å². The molecular weight excluding hydrogens is 328 g/mol. The van der Waals surface area contributed by atoms with Crippen molar-refractivity contribution in [3.63, 3.8) is 0 Å². The quantitative estimate of drug-likeness (QED) is 0.182. The summed E-state index contributed by atoms with van der Waals surface area (Å²) in [4.78, 5) is 0. The van der Waals surface area contributed by atoms with E-state index in [0.717, 1.165) is 0 Å². The van der Waals surface area contributed by atoms with Gasteiger partial charge in [-0.15, -0.1) is 0 Å². The Kier molecular flexibility index (Phi) is 14.5. The summed E-state index contributed by atoms with van der Waals surface area (Å²) in [5.74, 6) is 1.55. The zero-order valence-corrected chi connectivity index (χ0v) is 19.1. The second kappa shape index (κ2) is 16.2. The molecule has 0 fully saturated rings. The molecule has 0 aliphatic rings. The summed E-state index contributed by atoms with van der Waals surface area (Å²) < 4.78 is 5.01. The average molecular weight is 378 g/mol. The van der Waals surface area contributed by atoms with Crippen molar-refractivity contribution in [2.75, 3.05) is 0 Å². The first-order chi connectivity index (χ1) is 13.2. The Morgan fingerprint density at radius 2 is 1.19 bits per heavy atom. The van der Waals surface area contributed by atoms with E-state index in [1.807, 2.05) is 0 Å². The predicted molar refractivity (Wildman–Crippen MR) is 119 cm³/mol. The lowest BCUT2D eigenvalue weighted by atomic mass is 10.0. The molecular formula is C25H49N2+. The molecule has 0 radical (unpaired) electrons. The Morgan fingerprint density at radius 3 is 1.70 bits per heavy atom. The molecule has 1 rings (SSSR count). The molecule has 2 nitrogen and oxygen atoms in total. The van der Waals surface area contributed by atoms with Crippen molar-refractivity contribution in [2.24, 2.45) is 0 Å². The van der Waals surface area contributed by atoms with Crippen LogP contribution in [0.5, 0.6) is 0 Å². The molecule has 0 saturated carbocycles. The number of rotatable bonds is 18. The lowest BCUT2D eigenvalue weighted by Crippen LogP contribution is -2.37. The van der Waals surface area contributed by atoms with Gasteiger partial charge in [0.15, 0.2) is 0 Å². The van der Waals surface area contributed by atoms with E-state index < -0.39 is 0 Å². The van der Waals surface area contributed by atoms with Gasteiger partial charge in [0.1, 0.15) is 12.4 Å². The van der Waals surface area contributed by atoms with Gasteiger partial charge in [-0.25, -0.2) is 9.13 Å². The fourth-order valence-electron chi connectivity index (χ4n) is 4.08. The fraction of sp³-hybridized carbons (Fsp3) is 0.880. The Morgan fingerprint density at radius 1 is 0.704 bits per heavy atom. The monoisotopic (exact) mass is 377 g/mol. The Bertz CT molecular complexity index is 447. The highest BCUT2D eigenvalue weighted by molar-refractivity contribution is 4.86. The maximum absolute atomic E-state index is 2.52. The summed E-state index contributed by atoms with van der Waals surface area (Å²) in [6.07, 6.45) is 27.0. The summed E-state index contributed by atoms with van der Waals surface area (Å²) in [6.45, 7) is 10.4. The molecule has 158 valence electrons. The molecule has 1 heterocycles. The van der Waals surface area contributed by atoms with Crippen LogP contribution in [0.25, 0.3) is 0 Å². The molecule has 0 unspecified atom stereocenters. The van der Waals surface area contributed by atoms with Crippen molar-refractivity contribution in [3.05, 3.63) is 18.2 Å². The first-order valence-electron chi connectivity index (χ1n) is 12.3. The molecule has 2 heteroatoms. The normalized spacial score (nSPS) is 11.6. The van der Waals surface area contributed by atoms with Crippen molar-refractivity contribution >= 4 is 0 Å². The first kappa shape index (κ1) is 24.2. The maximum Gasteiger partial charge on any atom is 0.256 e. The van der Waals surface area contributed by atoms with Crippen LogP contribution >= 0.6 is 0 Å². The highest BCUT2D eigenvalue weighted by Gasteiger charge is 2.18. The maximum atomic E-state index is 2.52. The van der Waals surface area contributed by atoms with E-state index in [9.17, 15) is 0 Å². The van der Waals surface area contributed by atoms with Crippen LogP contribution in [0.15, 0.2) is 12.4 Å². The zero-order valence-electron chi connectivity index (χ0n) is 19.1. The number of aromatic nitrogens is 2. The Balaban J connectivity index is 2.15. The van der Waals surface area contributed by atoms with Crippen LogP contribution in [0.3, 0.4) is 0 Å². The molecule has 0 aromatic carbocycles. The second-order valence-corrected chi connectivity index (χ2v) is 8.75. The van der Waals surface area contributed by atoms with Crippen LogP contribution in [0.1, 0.15) is 136 Å². The van der Waals surface area contributed by atoms with Crippen molar-refractivity contribution < 1.29 is 4.57 Å². The highest BCUT2D eigenvalue weighted by atomic mass is 15.2. The van der Waals surface area contributed by atoms with Gasteiger partial charge in [0, 0.05) is 6.42 Å². The molecule has 0 saturated heterocycles. The molecule has 27 heavy (non-hydrogen) atoms. The van der Waals surface area contributed by atoms with E-state index in [0.29, 0.717) is 6.04 Å². The highest BCUT2D eigenvalue weighted by Crippen LogP contribution is 2.14. The van der Waals surface area contributed by atoms with Gasteiger partial charge in [0.25, 0.3) is 5.82 Å². The summed E-state index contributed by atoms with van der Waals surface area (Å²) >= 11 is 0. The van der Waals surface area contributed by atoms with Gasteiger partial charge < -0.3 is 0 Å². The molecule has 1 aromatic heterocycles. The fourth-order valence-corrected chi connectivity index (χ4v) is 4.08. The van der Waals surface area contributed by atoms with E-state index in [-0.39, 0.29) is 0 Å². The number of unbranched alkanes of at least 4 members (excludes halogenated alkanes) is 13. The number of imidazole rings is 1. The van der Waals surface area contributed by atoms with Gasteiger partial charge in [-0.1, -0.05) is 90.9 Å². The number of nitrogens with zero attached hydrogens (tertiary/aromatic N) is 2. The number of aryl methyl sites for hydroxylation is 1. The number of hydrogen-bond acceptors (Lipinski definition) is 0. The Labute approximate surface area is 170 Å². The van der Waals surface area contributed by atoms with Gasteiger partial charge in [-0.05, 0) is 33.1 Å². The molecule has 1 aromatic rings. The Hall–Kier alpha value is -0.790. The van der Waals surface area contributed by atoms with Gasteiger partial charge in [0.05, 0.1) is 12.6 Å². The minimum atomic E-state index is 0.574. The molecule has 0 N–H and O–H groups in total. The van der Waals surface area contributed by atoms with Crippen LogP contribution in [-0.4, -0.2) is 4.57 Å². The van der Waals surface area contributed by atoms with Crippen molar-refractivity contribution in [2.45, 2.75) is 143 Å². The van der Waals surface area contributed by atoms with Gasteiger partial charge >= 0.3 is 0 Å². The molecule has 0 amide bonds. The number of hydrogen-bond donors (Lipinski definition) is 0. The minimum Gasteiger partial charge on any atom is -0.234 e. The molecule has 0 bridgehead atoms. The van der Waals surface area contributed by atoms with Crippen molar-refractivity contribution in [3.8, 4) is 0 Å².